The number of hydrogen-bond acceptors (Lipinski definition) is 8. The van der Waals surface area contributed by atoms with E-state index in [1.807, 2.05) is 0 Å². The zero-order chi connectivity index (χ0) is 31.2. The number of aromatic hydroxyl groups is 1. The highest BCUT2D eigenvalue weighted by Crippen LogP contribution is 2.49. The number of hydrogen-bond donors (Lipinski definition) is 2. The molecule has 240 valence electrons. The molecule has 5 aliphatic rings. The largest absolute Gasteiger partial charge is 0.508 e. The van der Waals surface area contributed by atoms with E-state index in [9.17, 15) is 9.50 Å². The summed E-state index contributed by atoms with van der Waals surface area (Å²) in [5.41, 5.74) is 0.446. The van der Waals surface area contributed by atoms with Gasteiger partial charge in [-0.05, 0) is 73.9 Å². The van der Waals surface area contributed by atoms with Gasteiger partial charge in [-0.25, -0.2) is 13.2 Å². The van der Waals surface area contributed by atoms with E-state index >= 15 is 8.78 Å². The van der Waals surface area contributed by atoms with Crippen molar-refractivity contribution in [3.05, 3.63) is 53.8 Å². The standard InChI is InChI=1S/C35H36F3N5O3/c36-27-6-1-20-11-23(44)12-26(28(20)30(27)38)24-4-5-25-31(29(24)37)40-33(41-32(25)43-13-21-2-3-22(14-43)39-21)46-19-34(7-8-34)15-42-10-9-35(16-42)17-45-18-35/h1,4-6,11-12,21-22,39,44H,2-3,7-10,13-19H2. The summed E-state index contributed by atoms with van der Waals surface area (Å²) in [5.74, 6) is -2.42. The summed E-state index contributed by atoms with van der Waals surface area (Å²) in [6.07, 6.45) is 5.43. The summed E-state index contributed by atoms with van der Waals surface area (Å²) >= 11 is 0. The first-order valence-electron chi connectivity index (χ1n) is 16.3. The lowest BCUT2D eigenvalue weighted by Crippen LogP contribution is -2.51. The van der Waals surface area contributed by atoms with Crippen molar-refractivity contribution < 1.29 is 27.8 Å². The van der Waals surface area contributed by atoms with Crippen LogP contribution in [0.3, 0.4) is 0 Å². The molecule has 11 heteroatoms. The molecule has 4 saturated heterocycles. The summed E-state index contributed by atoms with van der Waals surface area (Å²) < 4.78 is 58.1. The van der Waals surface area contributed by atoms with Crippen molar-refractivity contribution in [2.45, 2.75) is 44.2 Å². The molecule has 5 heterocycles. The average Bonchev–Trinajstić information content (AvgIpc) is 3.51. The molecule has 4 aliphatic heterocycles. The Bertz CT molecular complexity index is 1870. The minimum absolute atomic E-state index is 0.00970. The minimum Gasteiger partial charge on any atom is -0.508 e. The highest BCUT2D eigenvalue weighted by Gasteiger charge is 2.50. The number of phenolic OH excluding ortho intramolecular Hbond substituents is 1. The maximum Gasteiger partial charge on any atom is 0.319 e. The van der Waals surface area contributed by atoms with Gasteiger partial charge in [0.15, 0.2) is 17.5 Å². The fourth-order valence-electron chi connectivity index (χ4n) is 8.21. The topological polar surface area (TPSA) is 83.0 Å². The molecule has 2 unspecified atom stereocenters. The zero-order valence-corrected chi connectivity index (χ0v) is 25.5. The van der Waals surface area contributed by atoms with E-state index in [1.54, 1.807) is 6.07 Å². The Hall–Kier alpha value is -3.67. The smallest absolute Gasteiger partial charge is 0.319 e. The fourth-order valence-corrected chi connectivity index (χ4v) is 8.21. The van der Waals surface area contributed by atoms with Gasteiger partial charge in [0.25, 0.3) is 0 Å². The maximum absolute atomic E-state index is 16.7. The average molecular weight is 632 g/mol. The number of piperazine rings is 1. The number of likely N-dealkylation sites (tertiary alicyclic amines) is 1. The van der Waals surface area contributed by atoms with Gasteiger partial charge in [0.05, 0.1) is 19.8 Å². The van der Waals surface area contributed by atoms with Crippen LogP contribution in [0.1, 0.15) is 32.1 Å². The first-order valence-corrected chi connectivity index (χ1v) is 16.3. The van der Waals surface area contributed by atoms with E-state index in [0.717, 1.165) is 77.7 Å². The molecule has 1 spiro atoms. The first-order chi connectivity index (χ1) is 22.3. The molecule has 1 aromatic heterocycles. The third-order valence-corrected chi connectivity index (χ3v) is 10.9. The molecule has 3 aromatic carbocycles. The molecule has 1 saturated carbocycles. The van der Waals surface area contributed by atoms with Gasteiger partial charge < -0.3 is 29.7 Å². The highest BCUT2D eigenvalue weighted by molar-refractivity contribution is 6.01. The number of halogens is 3. The van der Waals surface area contributed by atoms with Crippen LogP contribution in [0.2, 0.25) is 0 Å². The van der Waals surface area contributed by atoms with E-state index in [2.05, 4.69) is 20.1 Å². The number of phenols is 1. The van der Waals surface area contributed by atoms with Crippen LogP contribution in [0.15, 0.2) is 36.4 Å². The van der Waals surface area contributed by atoms with E-state index in [-0.39, 0.29) is 44.6 Å². The second kappa shape index (κ2) is 10.4. The summed E-state index contributed by atoms with van der Waals surface area (Å²) in [4.78, 5) is 14.2. The van der Waals surface area contributed by atoms with Crippen molar-refractivity contribution in [2.75, 3.05) is 57.4 Å². The summed E-state index contributed by atoms with van der Waals surface area (Å²) in [5, 5.41) is 14.8. The van der Waals surface area contributed by atoms with Crippen molar-refractivity contribution in [3.63, 3.8) is 0 Å². The van der Waals surface area contributed by atoms with Crippen LogP contribution >= 0.6 is 0 Å². The highest BCUT2D eigenvalue weighted by atomic mass is 19.2. The molecular formula is C35H36F3N5O3. The number of fused-ring (bicyclic) bond motifs is 4. The third-order valence-electron chi connectivity index (χ3n) is 10.9. The molecule has 0 amide bonds. The number of anilines is 1. The summed E-state index contributed by atoms with van der Waals surface area (Å²) in [7, 11) is 0. The lowest BCUT2D eigenvalue weighted by atomic mass is 9.85. The Morgan fingerprint density at radius 1 is 0.957 bits per heavy atom. The number of nitrogens with one attached hydrogen (secondary N) is 1. The van der Waals surface area contributed by atoms with Crippen LogP contribution < -0.4 is 15.0 Å². The molecule has 0 radical (unpaired) electrons. The second-order valence-electron chi connectivity index (χ2n) is 14.4. The molecule has 9 rings (SSSR count). The van der Waals surface area contributed by atoms with Crippen molar-refractivity contribution in [1.82, 2.24) is 20.2 Å². The van der Waals surface area contributed by atoms with Crippen LogP contribution in [0, 0.1) is 28.3 Å². The van der Waals surface area contributed by atoms with E-state index in [0.29, 0.717) is 35.3 Å². The molecule has 2 bridgehead atoms. The monoisotopic (exact) mass is 631 g/mol. The van der Waals surface area contributed by atoms with Gasteiger partial charge in [-0.1, -0.05) is 12.1 Å². The minimum atomic E-state index is -1.10. The lowest BCUT2D eigenvalue weighted by Gasteiger charge is -2.38. The fraction of sp³-hybridized carbons (Fsp3) is 0.486. The quantitative estimate of drug-likeness (QED) is 0.281. The molecule has 1 aliphatic carbocycles. The van der Waals surface area contributed by atoms with Crippen LogP contribution in [0.4, 0.5) is 19.0 Å². The van der Waals surface area contributed by atoms with Gasteiger partial charge >= 0.3 is 6.01 Å². The van der Waals surface area contributed by atoms with Gasteiger partial charge in [0, 0.05) is 65.4 Å². The zero-order valence-electron chi connectivity index (χ0n) is 25.5. The molecule has 8 nitrogen and oxygen atoms in total. The van der Waals surface area contributed by atoms with Crippen LogP contribution in [0.25, 0.3) is 32.8 Å². The van der Waals surface area contributed by atoms with Gasteiger partial charge in [-0.3, -0.25) is 0 Å². The second-order valence-corrected chi connectivity index (χ2v) is 14.4. The van der Waals surface area contributed by atoms with Gasteiger partial charge in [0.2, 0.25) is 0 Å². The van der Waals surface area contributed by atoms with Crippen LogP contribution in [-0.4, -0.2) is 84.6 Å². The van der Waals surface area contributed by atoms with Crippen LogP contribution in [-0.2, 0) is 4.74 Å². The third kappa shape index (κ3) is 4.77. The predicted molar refractivity (Wildman–Crippen MR) is 168 cm³/mol. The Kier molecular flexibility index (Phi) is 6.46. The number of benzene rings is 3. The molecule has 4 aromatic rings. The van der Waals surface area contributed by atoms with E-state index in [1.165, 1.54) is 30.7 Å². The predicted octanol–water partition coefficient (Wildman–Crippen LogP) is 5.39. The van der Waals surface area contributed by atoms with Gasteiger partial charge in [-0.2, -0.15) is 9.97 Å². The van der Waals surface area contributed by atoms with Crippen molar-refractivity contribution in [1.29, 1.82) is 0 Å². The maximum atomic E-state index is 16.7. The molecule has 5 fully saturated rings. The van der Waals surface area contributed by atoms with Crippen molar-refractivity contribution in [3.8, 4) is 22.9 Å². The van der Waals surface area contributed by atoms with E-state index < -0.39 is 17.5 Å². The van der Waals surface area contributed by atoms with E-state index in [4.69, 9.17) is 14.5 Å². The number of ether oxygens (including phenoxy) is 2. The van der Waals surface area contributed by atoms with Gasteiger partial charge in [-0.15, -0.1) is 0 Å². The Morgan fingerprint density at radius 3 is 2.48 bits per heavy atom. The molecular weight excluding hydrogens is 595 g/mol. The summed E-state index contributed by atoms with van der Waals surface area (Å²) in [6, 6.07) is 9.00. The van der Waals surface area contributed by atoms with Crippen LogP contribution in [0.5, 0.6) is 11.8 Å². The van der Waals surface area contributed by atoms with Crippen molar-refractivity contribution >= 4 is 27.5 Å². The molecule has 2 atom stereocenters. The molecule has 46 heavy (non-hydrogen) atoms. The Balaban J connectivity index is 1.09. The number of rotatable bonds is 7. The summed E-state index contributed by atoms with van der Waals surface area (Å²) in [6.45, 7) is 6.67. The SMILES string of the molecule is Oc1cc(-c2ccc3c(N4CC5CCC(C4)N5)nc(OCC4(CN5CCC6(COC6)C5)CC4)nc3c2F)c2c(F)c(F)ccc2c1. The molecule has 2 N–H and O–H groups in total. The lowest BCUT2D eigenvalue weighted by molar-refractivity contribution is -0.105. The van der Waals surface area contributed by atoms with Gasteiger partial charge in [0.1, 0.15) is 17.1 Å². The normalized spacial score (nSPS) is 24.6. The first kappa shape index (κ1) is 28.5. The Morgan fingerprint density at radius 2 is 1.76 bits per heavy atom. The number of aromatic nitrogens is 2. The van der Waals surface area contributed by atoms with Crippen molar-refractivity contribution in [2.24, 2.45) is 10.8 Å². The number of nitrogens with zero attached hydrogens (tertiary/aromatic N) is 4. The Labute approximate surface area is 264 Å².